The summed E-state index contributed by atoms with van der Waals surface area (Å²) in [4.78, 5) is 25.7. The Bertz CT molecular complexity index is 733. The van der Waals surface area contributed by atoms with E-state index >= 15 is 0 Å². The first-order chi connectivity index (χ1) is 10.4. The first-order valence-electron chi connectivity index (χ1n) is 6.89. The van der Waals surface area contributed by atoms with Gasteiger partial charge in [0, 0.05) is 20.6 Å². The number of methoxy groups -OCH3 is 1. The van der Waals surface area contributed by atoms with Crippen LogP contribution in [0, 0.1) is 6.92 Å². The molecule has 7 nitrogen and oxygen atoms in total. The highest BCUT2D eigenvalue weighted by atomic mass is 16.5. The predicted octanol–water partition coefficient (Wildman–Crippen LogP) is 0.557. The van der Waals surface area contributed by atoms with Crippen LogP contribution in [0.4, 0.5) is 0 Å². The molecule has 0 N–H and O–H groups in total. The van der Waals surface area contributed by atoms with Crippen molar-refractivity contribution in [3.05, 3.63) is 46.1 Å². The van der Waals surface area contributed by atoms with Crippen LogP contribution in [-0.2, 0) is 24.9 Å². The Labute approximate surface area is 128 Å². The Morgan fingerprint density at radius 3 is 2.73 bits per heavy atom. The van der Waals surface area contributed by atoms with Crippen molar-refractivity contribution in [3.8, 4) is 5.75 Å². The van der Waals surface area contributed by atoms with Crippen LogP contribution >= 0.6 is 0 Å². The standard InChI is InChI=1S/C15H20N4O3/c1-11-16-19(15(21)18(11)3)10-14(20)17(2)9-12-6-5-7-13(8-12)22-4/h5-8H,9-10H2,1-4H3. The highest BCUT2D eigenvalue weighted by Gasteiger charge is 2.14. The van der Waals surface area contributed by atoms with E-state index in [0.717, 1.165) is 11.3 Å². The molecule has 7 heteroatoms. The lowest BCUT2D eigenvalue weighted by Crippen LogP contribution is -2.34. The Morgan fingerprint density at radius 1 is 1.41 bits per heavy atom. The molecule has 1 amide bonds. The SMILES string of the molecule is COc1cccc(CN(C)C(=O)Cn2nc(C)n(C)c2=O)c1. The van der Waals surface area contributed by atoms with E-state index in [4.69, 9.17) is 4.74 Å². The van der Waals surface area contributed by atoms with Gasteiger partial charge in [-0.05, 0) is 24.6 Å². The minimum Gasteiger partial charge on any atom is -0.497 e. The zero-order chi connectivity index (χ0) is 16.3. The predicted molar refractivity (Wildman–Crippen MR) is 81.7 cm³/mol. The molecule has 0 bridgehead atoms. The molecular formula is C15H20N4O3. The molecule has 22 heavy (non-hydrogen) atoms. The highest BCUT2D eigenvalue weighted by molar-refractivity contribution is 5.75. The van der Waals surface area contributed by atoms with Crippen LogP contribution in [0.25, 0.3) is 0 Å². The molecule has 1 heterocycles. The van der Waals surface area contributed by atoms with Gasteiger partial charge in [0.15, 0.2) is 0 Å². The van der Waals surface area contributed by atoms with Crippen LogP contribution in [0.1, 0.15) is 11.4 Å². The van der Waals surface area contributed by atoms with Gasteiger partial charge in [-0.25, -0.2) is 9.48 Å². The quantitative estimate of drug-likeness (QED) is 0.809. The average Bonchev–Trinajstić information content (AvgIpc) is 2.74. The minimum atomic E-state index is -0.291. The van der Waals surface area contributed by atoms with Gasteiger partial charge in [-0.1, -0.05) is 12.1 Å². The zero-order valence-corrected chi connectivity index (χ0v) is 13.2. The van der Waals surface area contributed by atoms with Gasteiger partial charge < -0.3 is 9.64 Å². The number of hydrogen-bond acceptors (Lipinski definition) is 4. The number of amides is 1. The first kappa shape index (κ1) is 15.8. The lowest BCUT2D eigenvalue weighted by molar-refractivity contribution is -0.131. The summed E-state index contributed by atoms with van der Waals surface area (Å²) in [5.41, 5.74) is 0.667. The smallest absolute Gasteiger partial charge is 0.346 e. The molecule has 0 saturated heterocycles. The molecule has 2 rings (SSSR count). The Hall–Kier alpha value is -2.57. The van der Waals surface area contributed by atoms with Gasteiger partial charge in [0.1, 0.15) is 18.1 Å². The minimum absolute atomic E-state index is 0.0685. The van der Waals surface area contributed by atoms with E-state index in [1.165, 1.54) is 9.25 Å². The third-order valence-corrected chi connectivity index (χ3v) is 3.52. The Morgan fingerprint density at radius 2 is 2.14 bits per heavy atom. The number of ether oxygens (including phenoxy) is 1. The van der Waals surface area contributed by atoms with Gasteiger partial charge >= 0.3 is 5.69 Å². The fourth-order valence-electron chi connectivity index (χ4n) is 2.08. The maximum absolute atomic E-state index is 12.2. The summed E-state index contributed by atoms with van der Waals surface area (Å²) in [5.74, 6) is 1.14. The van der Waals surface area contributed by atoms with E-state index in [1.807, 2.05) is 24.3 Å². The third kappa shape index (κ3) is 3.36. The van der Waals surface area contributed by atoms with Crippen LogP contribution < -0.4 is 10.4 Å². The number of nitrogens with zero attached hydrogens (tertiary/aromatic N) is 4. The van der Waals surface area contributed by atoms with E-state index in [2.05, 4.69) is 5.10 Å². The molecule has 0 unspecified atom stereocenters. The summed E-state index contributed by atoms with van der Waals surface area (Å²) in [6.07, 6.45) is 0. The van der Waals surface area contributed by atoms with Crippen molar-refractivity contribution in [3.63, 3.8) is 0 Å². The maximum atomic E-state index is 12.2. The van der Waals surface area contributed by atoms with Crippen molar-refractivity contribution >= 4 is 5.91 Å². The molecule has 0 radical (unpaired) electrons. The molecule has 0 aliphatic heterocycles. The van der Waals surface area contributed by atoms with Crippen molar-refractivity contribution in [1.29, 1.82) is 0 Å². The second-order valence-electron chi connectivity index (χ2n) is 5.15. The molecule has 0 aliphatic rings. The number of carbonyl (C=O) groups is 1. The van der Waals surface area contributed by atoms with Gasteiger partial charge in [-0.2, -0.15) is 5.10 Å². The van der Waals surface area contributed by atoms with Crippen molar-refractivity contribution in [1.82, 2.24) is 19.2 Å². The summed E-state index contributed by atoms with van der Waals surface area (Å²) >= 11 is 0. The Balaban J connectivity index is 2.05. The number of hydrogen-bond donors (Lipinski definition) is 0. The van der Waals surface area contributed by atoms with Crippen LogP contribution in [-0.4, -0.2) is 39.3 Å². The van der Waals surface area contributed by atoms with Gasteiger partial charge in [0.2, 0.25) is 5.91 Å². The number of likely N-dealkylation sites (N-methyl/N-ethyl adjacent to an activating group) is 1. The number of carbonyl (C=O) groups excluding carboxylic acids is 1. The molecule has 118 valence electrons. The van der Waals surface area contributed by atoms with Gasteiger partial charge in [-0.15, -0.1) is 0 Å². The third-order valence-electron chi connectivity index (χ3n) is 3.52. The molecule has 0 fully saturated rings. The fraction of sp³-hybridized carbons (Fsp3) is 0.400. The molecule has 1 aromatic carbocycles. The number of aryl methyl sites for hydroxylation is 1. The lowest BCUT2D eigenvalue weighted by Gasteiger charge is -2.17. The van der Waals surface area contributed by atoms with E-state index in [1.54, 1.807) is 33.0 Å². The number of aromatic nitrogens is 3. The monoisotopic (exact) mass is 304 g/mol. The van der Waals surface area contributed by atoms with E-state index in [9.17, 15) is 9.59 Å². The Kier molecular flexibility index (Phi) is 4.65. The van der Waals surface area contributed by atoms with Gasteiger partial charge in [0.05, 0.1) is 7.11 Å². The second-order valence-corrected chi connectivity index (χ2v) is 5.15. The number of rotatable bonds is 5. The van der Waals surface area contributed by atoms with Crippen molar-refractivity contribution in [2.45, 2.75) is 20.0 Å². The zero-order valence-electron chi connectivity index (χ0n) is 13.2. The lowest BCUT2D eigenvalue weighted by atomic mass is 10.2. The molecule has 1 aromatic heterocycles. The van der Waals surface area contributed by atoms with Crippen molar-refractivity contribution < 1.29 is 9.53 Å². The van der Waals surface area contributed by atoms with E-state index in [0.29, 0.717) is 12.4 Å². The van der Waals surface area contributed by atoms with Gasteiger partial charge in [-0.3, -0.25) is 9.36 Å². The van der Waals surface area contributed by atoms with E-state index in [-0.39, 0.29) is 18.1 Å². The summed E-state index contributed by atoms with van der Waals surface area (Å²) in [6.45, 7) is 2.10. The summed E-state index contributed by atoms with van der Waals surface area (Å²) < 4.78 is 7.75. The summed E-state index contributed by atoms with van der Waals surface area (Å²) in [5, 5.41) is 4.07. The molecule has 0 atom stereocenters. The van der Waals surface area contributed by atoms with Gasteiger partial charge in [0.25, 0.3) is 0 Å². The average molecular weight is 304 g/mol. The molecule has 2 aromatic rings. The topological polar surface area (TPSA) is 69.4 Å². The normalized spacial score (nSPS) is 10.5. The van der Waals surface area contributed by atoms with E-state index < -0.39 is 0 Å². The fourth-order valence-corrected chi connectivity index (χ4v) is 2.08. The van der Waals surface area contributed by atoms with Crippen LogP contribution in [0.5, 0.6) is 5.75 Å². The van der Waals surface area contributed by atoms with Crippen LogP contribution in [0.2, 0.25) is 0 Å². The maximum Gasteiger partial charge on any atom is 0.346 e. The summed E-state index contributed by atoms with van der Waals surface area (Å²) in [6, 6.07) is 7.52. The summed E-state index contributed by atoms with van der Waals surface area (Å²) in [7, 11) is 4.93. The van der Waals surface area contributed by atoms with Crippen LogP contribution in [0.15, 0.2) is 29.1 Å². The van der Waals surface area contributed by atoms with Crippen molar-refractivity contribution in [2.24, 2.45) is 7.05 Å². The molecule has 0 saturated carbocycles. The molecule has 0 aliphatic carbocycles. The number of benzene rings is 1. The second kappa shape index (κ2) is 6.46. The highest BCUT2D eigenvalue weighted by Crippen LogP contribution is 2.13. The molecular weight excluding hydrogens is 284 g/mol. The first-order valence-corrected chi connectivity index (χ1v) is 6.89. The largest absolute Gasteiger partial charge is 0.497 e. The molecule has 0 spiro atoms. The van der Waals surface area contributed by atoms with Crippen LogP contribution in [0.3, 0.4) is 0 Å². The van der Waals surface area contributed by atoms with Crippen molar-refractivity contribution in [2.75, 3.05) is 14.2 Å².